The van der Waals surface area contributed by atoms with Crippen LogP contribution in [0.4, 0.5) is 24.5 Å². The Kier molecular flexibility index (Phi) is 5.34. The number of carbonyl (C=O) groups excluding carboxylic acids is 1. The molecule has 10 heteroatoms. The van der Waals surface area contributed by atoms with E-state index in [1.54, 1.807) is 19.2 Å². The molecule has 1 N–H and O–H groups in total. The van der Waals surface area contributed by atoms with Crippen molar-refractivity contribution in [1.29, 1.82) is 0 Å². The third kappa shape index (κ3) is 4.05. The van der Waals surface area contributed by atoms with Crippen molar-refractivity contribution in [3.8, 4) is 11.5 Å². The van der Waals surface area contributed by atoms with Gasteiger partial charge >= 0.3 is 6.43 Å². The average molecular weight is 377 g/mol. The molecule has 1 aromatic carbocycles. The number of rotatable bonds is 7. The quantitative estimate of drug-likeness (QED) is 0.635. The van der Waals surface area contributed by atoms with Gasteiger partial charge in [0.1, 0.15) is 5.82 Å². The van der Waals surface area contributed by atoms with Gasteiger partial charge in [-0.15, -0.1) is 10.2 Å². The number of halogens is 3. The van der Waals surface area contributed by atoms with Crippen molar-refractivity contribution in [1.82, 2.24) is 15.2 Å². The number of pyridine rings is 1. The van der Waals surface area contributed by atoms with Gasteiger partial charge in [0, 0.05) is 13.2 Å². The molecule has 3 rings (SSSR count). The van der Waals surface area contributed by atoms with E-state index in [9.17, 15) is 18.0 Å². The normalized spacial score (nSPS) is 10.9. The molecule has 0 saturated carbocycles. The molecule has 0 spiro atoms. The van der Waals surface area contributed by atoms with Crippen LogP contribution in [-0.4, -0.2) is 28.6 Å². The van der Waals surface area contributed by atoms with Crippen LogP contribution < -0.4 is 10.2 Å². The maximum absolute atomic E-state index is 13.6. The summed E-state index contributed by atoms with van der Waals surface area (Å²) in [5.74, 6) is -1.34. The Morgan fingerprint density at radius 3 is 2.67 bits per heavy atom. The molecule has 3 aromatic rings. The van der Waals surface area contributed by atoms with Crippen molar-refractivity contribution in [3.05, 3.63) is 53.9 Å². The Balaban J connectivity index is 1.80. The molecule has 0 atom stereocenters. The van der Waals surface area contributed by atoms with E-state index in [1.807, 2.05) is 0 Å². The van der Waals surface area contributed by atoms with Gasteiger partial charge in [-0.2, -0.15) is 8.78 Å². The zero-order valence-corrected chi connectivity index (χ0v) is 14.1. The molecule has 7 nitrogen and oxygen atoms in total. The lowest BCUT2D eigenvalue weighted by Gasteiger charge is -2.20. The van der Waals surface area contributed by atoms with Gasteiger partial charge in [-0.25, -0.2) is 4.39 Å². The SMILES string of the molecule is CNc1ccc(F)cc1N(C=O)Cc1ccc(-c2nnc(C(F)F)o2)cn1. The second kappa shape index (κ2) is 7.85. The van der Waals surface area contributed by atoms with E-state index in [0.717, 1.165) is 0 Å². The predicted octanol–water partition coefficient (Wildman–Crippen LogP) is 3.41. The van der Waals surface area contributed by atoms with Crippen LogP contribution >= 0.6 is 0 Å². The number of carbonyl (C=O) groups is 1. The minimum atomic E-state index is -2.85. The third-order valence-electron chi connectivity index (χ3n) is 3.70. The second-order valence-corrected chi connectivity index (χ2v) is 5.43. The lowest BCUT2D eigenvalue weighted by atomic mass is 10.2. The molecule has 0 saturated heterocycles. The predicted molar refractivity (Wildman–Crippen MR) is 90.7 cm³/mol. The Bertz CT molecular complexity index is 931. The van der Waals surface area contributed by atoms with E-state index in [1.165, 1.54) is 29.3 Å². The highest BCUT2D eigenvalue weighted by atomic mass is 19.3. The average Bonchev–Trinajstić information content (AvgIpc) is 3.17. The largest absolute Gasteiger partial charge is 0.415 e. The Labute approximate surface area is 151 Å². The highest BCUT2D eigenvalue weighted by molar-refractivity contribution is 5.83. The molecule has 0 aliphatic heterocycles. The first kappa shape index (κ1) is 18.4. The van der Waals surface area contributed by atoms with Gasteiger partial charge in [-0.3, -0.25) is 9.78 Å². The van der Waals surface area contributed by atoms with Crippen molar-refractivity contribution >= 4 is 17.8 Å². The van der Waals surface area contributed by atoms with E-state index < -0.39 is 18.1 Å². The molecule has 2 heterocycles. The highest BCUT2D eigenvalue weighted by Crippen LogP contribution is 2.27. The molecule has 0 aliphatic rings. The second-order valence-electron chi connectivity index (χ2n) is 5.43. The number of alkyl halides is 2. The zero-order valence-electron chi connectivity index (χ0n) is 14.1. The Morgan fingerprint density at radius 2 is 2.07 bits per heavy atom. The van der Waals surface area contributed by atoms with Crippen LogP contribution in [0.2, 0.25) is 0 Å². The standard InChI is InChI=1S/C17H14F3N5O2/c1-21-13-5-3-11(18)6-14(13)25(9-26)8-12-4-2-10(7-22-12)16-23-24-17(27-16)15(19)20/h2-7,9,15,21H,8H2,1H3. The first-order valence-corrected chi connectivity index (χ1v) is 7.78. The highest BCUT2D eigenvalue weighted by Gasteiger charge is 2.17. The van der Waals surface area contributed by atoms with Crippen molar-refractivity contribution < 1.29 is 22.4 Å². The fourth-order valence-electron chi connectivity index (χ4n) is 2.39. The van der Waals surface area contributed by atoms with Crippen LogP contribution in [0, 0.1) is 5.82 Å². The molecule has 27 heavy (non-hydrogen) atoms. The van der Waals surface area contributed by atoms with Crippen LogP contribution in [0.5, 0.6) is 0 Å². The lowest BCUT2D eigenvalue weighted by molar-refractivity contribution is -0.107. The van der Waals surface area contributed by atoms with Crippen LogP contribution in [0.15, 0.2) is 40.9 Å². The minimum absolute atomic E-state index is 0.0774. The van der Waals surface area contributed by atoms with Gasteiger partial charge in [0.2, 0.25) is 12.3 Å². The number of hydrogen-bond acceptors (Lipinski definition) is 6. The number of hydrogen-bond donors (Lipinski definition) is 1. The molecule has 140 valence electrons. The fraction of sp³-hybridized carbons (Fsp3) is 0.176. The number of nitrogens with one attached hydrogen (secondary N) is 1. The minimum Gasteiger partial charge on any atom is -0.415 e. The van der Waals surface area contributed by atoms with E-state index >= 15 is 0 Å². The molecular formula is C17H14F3N5O2. The third-order valence-corrected chi connectivity index (χ3v) is 3.70. The van der Waals surface area contributed by atoms with E-state index in [2.05, 4.69) is 20.5 Å². The van der Waals surface area contributed by atoms with E-state index in [-0.39, 0.29) is 12.4 Å². The smallest absolute Gasteiger partial charge is 0.314 e. The van der Waals surface area contributed by atoms with Crippen LogP contribution in [0.1, 0.15) is 18.0 Å². The van der Waals surface area contributed by atoms with Crippen molar-refractivity contribution in [2.24, 2.45) is 0 Å². The molecule has 0 bridgehead atoms. The Morgan fingerprint density at radius 1 is 1.26 bits per heavy atom. The Hall–Kier alpha value is -3.43. The number of anilines is 2. The molecule has 1 amide bonds. The van der Waals surface area contributed by atoms with Crippen LogP contribution in [0.3, 0.4) is 0 Å². The van der Waals surface area contributed by atoms with Gasteiger partial charge in [0.15, 0.2) is 0 Å². The monoisotopic (exact) mass is 377 g/mol. The molecular weight excluding hydrogens is 363 g/mol. The molecule has 0 fully saturated rings. The summed E-state index contributed by atoms with van der Waals surface area (Å²) < 4.78 is 43.4. The summed E-state index contributed by atoms with van der Waals surface area (Å²) >= 11 is 0. The number of aromatic nitrogens is 3. The van der Waals surface area contributed by atoms with Crippen LogP contribution in [-0.2, 0) is 11.3 Å². The molecule has 0 unspecified atom stereocenters. The van der Waals surface area contributed by atoms with Gasteiger partial charge in [0.05, 0.1) is 29.2 Å². The first-order chi connectivity index (χ1) is 13.0. The first-order valence-electron chi connectivity index (χ1n) is 7.78. The molecule has 0 radical (unpaired) electrons. The van der Waals surface area contributed by atoms with Crippen molar-refractivity contribution in [2.75, 3.05) is 17.3 Å². The van der Waals surface area contributed by atoms with Crippen molar-refractivity contribution in [3.63, 3.8) is 0 Å². The van der Waals surface area contributed by atoms with Crippen molar-refractivity contribution in [2.45, 2.75) is 13.0 Å². The molecule has 0 aliphatic carbocycles. The van der Waals surface area contributed by atoms with E-state index in [4.69, 9.17) is 4.42 Å². The summed E-state index contributed by atoms with van der Waals surface area (Å²) in [6.07, 6.45) is -0.920. The molecule has 2 aromatic heterocycles. The summed E-state index contributed by atoms with van der Waals surface area (Å²) in [5, 5.41) is 9.68. The van der Waals surface area contributed by atoms with Gasteiger partial charge in [-0.05, 0) is 30.3 Å². The summed E-state index contributed by atoms with van der Waals surface area (Å²) in [4.78, 5) is 16.9. The topological polar surface area (TPSA) is 84.2 Å². The maximum Gasteiger partial charge on any atom is 0.314 e. The van der Waals surface area contributed by atoms with Gasteiger partial charge in [0.25, 0.3) is 5.89 Å². The van der Waals surface area contributed by atoms with Crippen LogP contribution in [0.25, 0.3) is 11.5 Å². The van der Waals surface area contributed by atoms with E-state index in [0.29, 0.717) is 29.0 Å². The lowest BCUT2D eigenvalue weighted by Crippen LogP contribution is -2.22. The number of benzene rings is 1. The summed E-state index contributed by atoms with van der Waals surface area (Å²) in [6, 6.07) is 7.17. The number of amides is 1. The summed E-state index contributed by atoms with van der Waals surface area (Å²) in [6.45, 7) is 0.0774. The van der Waals surface area contributed by atoms with Gasteiger partial charge < -0.3 is 14.6 Å². The van der Waals surface area contributed by atoms with Gasteiger partial charge in [-0.1, -0.05) is 0 Å². The summed E-state index contributed by atoms with van der Waals surface area (Å²) in [7, 11) is 1.66. The zero-order chi connectivity index (χ0) is 19.4. The maximum atomic E-state index is 13.6. The summed E-state index contributed by atoms with van der Waals surface area (Å²) in [5.41, 5.74) is 1.78. The number of nitrogens with zero attached hydrogens (tertiary/aromatic N) is 4. The fourth-order valence-corrected chi connectivity index (χ4v) is 2.39.